The van der Waals surface area contributed by atoms with Crippen LogP contribution in [0.1, 0.15) is 6.42 Å². The lowest BCUT2D eigenvalue weighted by atomic mass is 10.1. The van der Waals surface area contributed by atoms with Gasteiger partial charge in [0.15, 0.2) is 0 Å². The van der Waals surface area contributed by atoms with Crippen molar-refractivity contribution in [3.63, 3.8) is 0 Å². The van der Waals surface area contributed by atoms with Gasteiger partial charge in [0.1, 0.15) is 6.23 Å². The fourth-order valence-corrected chi connectivity index (χ4v) is 1.54. The molecule has 0 spiro atoms. The van der Waals surface area contributed by atoms with Gasteiger partial charge in [-0.3, -0.25) is 5.32 Å². The maximum atomic E-state index is 5.45. The molecule has 2 heterocycles. The average molecular weight is 143 g/mol. The fraction of sp³-hybridized carbons (Fsp3) is 1.00. The van der Waals surface area contributed by atoms with Gasteiger partial charge in [-0.2, -0.15) is 0 Å². The molecule has 2 aliphatic heterocycles. The second kappa shape index (κ2) is 2.86. The number of rotatable bonds is 1. The Hall–Kier alpha value is -0.120. The molecule has 0 aromatic rings. The SMILES string of the molecule is C1COC(C2CCOC2)N1. The Labute approximate surface area is 60.7 Å². The van der Waals surface area contributed by atoms with E-state index in [-0.39, 0.29) is 6.23 Å². The molecule has 3 heteroatoms. The highest BCUT2D eigenvalue weighted by Gasteiger charge is 2.28. The zero-order chi connectivity index (χ0) is 6.81. The summed E-state index contributed by atoms with van der Waals surface area (Å²) in [5.41, 5.74) is 0. The molecule has 0 saturated carbocycles. The summed E-state index contributed by atoms with van der Waals surface area (Å²) in [5, 5.41) is 3.30. The number of ether oxygens (including phenoxy) is 2. The van der Waals surface area contributed by atoms with Crippen LogP contribution >= 0.6 is 0 Å². The van der Waals surface area contributed by atoms with Crippen molar-refractivity contribution in [2.75, 3.05) is 26.4 Å². The third kappa shape index (κ3) is 1.17. The lowest BCUT2D eigenvalue weighted by Gasteiger charge is -2.15. The quantitative estimate of drug-likeness (QED) is 0.559. The molecule has 0 amide bonds. The molecule has 0 aromatic heterocycles. The first kappa shape index (κ1) is 6.58. The highest BCUT2D eigenvalue weighted by Crippen LogP contribution is 2.18. The van der Waals surface area contributed by atoms with E-state index in [9.17, 15) is 0 Å². The van der Waals surface area contributed by atoms with Crippen LogP contribution in [-0.2, 0) is 9.47 Å². The van der Waals surface area contributed by atoms with Crippen molar-refractivity contribution in [2.45, 2.75) is 12.6 Å². The molecule has 0 bridgehead atoms. The zero-order valence-electron chi connectivity index (χ0n) is 6.01. The van der Waals surface area contributed by atoms with Gasteiger partial charge in [0.2, 0.25) is 0 Å². The van der Waals surface area contributed by atoms with Crippen LogP contribution in [0.5, 0.6) is 0 Å². The highest BCUT2D eigenvalue weighted by molar-refractivity contribution is 4.75. The van der Waals surface area contributed by atoms with E-state index >= 15 is 0 Å². The third-order valence-electron chi connectivity index (χ3n) is 2.14. The molecule has 2 atom stereocenters. The van der Waals surface area contributed by atoms with E-state index in [1.54, 1.807) is 0 Å². The summed E-state index contributed by atoms with van der Waals surface area (Å²) in [6.07, 6.45) is 1.43. The Balaban J connectivity index is 1.85. The lowest BCUT2D eigenvalue weighted by molar-refractivity contribution is 0.0456. The van der Waals surface area contributed by atoms with Gasteiger partial charge in [0.25, 0.3) is 0 Å². The van der Waals surface area contributed by atoms with Crippen LogP contribution in [0.4, 0.5) is 0 Å². The van der Waals surface area contributed by atoms with Gasteiger partial charge in [0.05, 0.1) is 13.2 Å². The Morgan fingerprint density at radius 1 is 1.30 bits per heavy atom. The highest BCUT2D eigenvalue weighted by atomic mass is 16.5. The minimum atomic E-state index is 0.280. The van der Waals surface area contributed by atoms with Gasteiger partial charge in [-0.25, -0.2) is 0 Å². The zero-order valence-corrected chi connectivity index (χ0v) is 6.01. The molecule has 3 nitrogen and oxygen atoms in total. The van der Waals surface area contributed by atoms with Crippen molar-refractivity contribution >= 4 is 0 Å². The predicted molar refractivity (Wildman–Crippen MR) is 36.7 cm³/mol. The summed E-state index contributed by atoms with van der Waals surface area (Å²) in [6.45, 7) is 3.65. The van der Waals surface area contributed by atoms with Gasteiger partial charge in [0, 0.05) is 19.1 Å². The lowest BCUT2D eigenvalue weighted by Crippen LogP contribution is -2.31. The van der Waals surface area contributed by atoms with Crippen LogP contribution in [-0.4, -0.2) is 32.6 Å². The first-order valence-electron chi connectivity index (χ1n) is 3.89. The summed E-state index contributed by atoms with van der Waals surface area (Å²) in [7, 11) is 0. The van der Waals surface area contributed by atoms with Crippen molar-refractivity contribution < 1.29 is 9.47 Å². The maximum Gasteiger partial charge on any atom is 0.113 e. The third-order valence-corrected chi connectivity index (χ3v) is 2.14. The van der Waals surface area contributed by atoms with Crippen LogP contribution in [0, 0.1) is 5.92 Å². The maximum absolute atomic E-state index is 5.45. The molecule has 2 unspecified atom stereocenters. The molecule has 2 aliphatic rings. The van der Waals surface area contributed by atoms with Crippen LogP contribution in [0.2, 0.25) is 0 Å². The molecule has 0 aromatic carbocycles. The monoisotopic (exact) mass is 143 g/mol. The summed E-state index contributed by atoms with van der Waals surface area (Å²) in [5.74, 6) is 0.600. The van der Waals surface area contributed by atoms with E-state index in [4.69, 9.17) is 9.47 Å². The number of hydrogen-bond acceptors (Lipinski definition) is 3. The molecular formula is C7H13NO2. The Morgan fingerprint density at radius 2 is 2.30 bits per heavy atom. The van der Waals surface area contributed by atoms with E-state index in [0.717, 1.165) is 32.8 Å². The second-order valence-corrected chi connectivity index (χ2v) is 2.87. The number of hydrogen-bond donors (Lipinski definition) is 1. The smallest absolute Gasteiger partial charge is 0.113 e. The predicted octanol–water partition coefficient (Wildman–Crippen LogP) is -0.0312. The van der Waals surface area contributed by atoms with E-state index < -0.39 is 0 Å². The second-order valence-electron chi connectivity index (χ2n) is 2.87. The van der Waals surface area contributed by atoms with Gasteiger partial charge >= 0.3 is 0 Å². The van der Waals surface area contributed by atoms with E-state index in [1.165, 1.54) is 0 Å². The van der Waals surface area contributed by atoms with Crippen molar-refractivity contribution in [3.05, 3.63) is 0 Å². The van der Waals surface area contributed by atoms with E-state index in [1.807, 2.05) is 0 Å². The summed E-state index contributed by atoms with van der Waals surface area (Å²) < 4.78 is 10.7. The molecule has 0 aliphatic carbocycles. The molecule has 2 rings (SSSR count). The minimum absolute atomic E-state index is 0.280. The summed E-state index contributed by atoms with van der Waals surface area (Å²) in [4.78, 5) is 0. The molecule has 2 fully saturated rings. The van der Waals surface area contributed by atoms with E-state index in [0.29, 0.717) is 5.92 Å². The average Bonchev–Trinajstić information content (AvgIpc) is 2.59. The first-order valence-corrected chi connectivity index (χ1v) is 3.89. The van der Waals surface area contributed by atoms with Crippen LogP contribution in [0.15, 0.2) is 0 Å². The van der Waals surface area contributed by atoms with Crippen molar-refractivity contribution in [1.82, 2.24) is 5.32 Å². The Morgan fingerprint density at radius 3 is 2.90 bits per heavy atom. The fourth-order valence-electron chi connectivity index (χ4n) is 1.54. The minimum Gasteiger partial charge on any atom is -0.381 e. The van der Waals surface area contributed by atoms with Crippen LogP contribution in [0.25, 0.3) is 0 Å². The van der Waals surface area contributed by atoms with Crippen molar-refractivity contribution in [3.8, 4) is 0 Å². The Bertz CT molecular complexity index is 92.2. The summed E-state index contributed by atoms with van der Waals surface area (Å²) in [6, 6.07) is 0. The standard InChI is InChI=1S/C7H13NO2/c1-3-9-5-6(1)7-8-2-4-10-7/h6-8H,1-5H2. The topological polar surface area (TPSA) is 30.5 Å². The van der Waals surface area contributed by atoms with Gasteiger partial charge in [-0.1, -0.05) is 0 Å². The first-order chi connectivity index (χ1) is 4.97. The molecule has 1 N–H and O–H groups in total. The largest absolute Gasteiger partial charge is 0.381 e. The molecular weight excluding hydrogens is 130 g/mol. The normalized spacial score (nSPS) is 40.8. The van der Waals surface area contributed by atoms with E-state index in [2.05, 4.69) is 5.32 Å². The van der Waals surface area contributed by atoms with Crippen molar-refractivity contribution in [1.29, 1.82) is 0 Å². The number of nitrogens with one attached hydrogen (secondary N) is 1. The van der Waals surface area contributed by atoms with Crippen LogP contribution in [0.3, 0.4) is 0 Å². The molecule has 0 radical (unpaired) electrons. The van der Waals surface area contributed by atoms with Gasteiger partial charge in [-0.05, 0) is 6.42 Å². The van der Waals surface area contributed by atoms with Crippen LogP contribution < -0.4 is 5.32 Å². The Kier molecular flexibility index (Phi) is 1.88. The van der Waals surface area contributed by atoms with Gasteiger partial charge in [-0.15, -0.1) is 0 Å². The summed E-state index contributed by atoms with van der Waals surface area (Å²) >= 11 is 0. The molecule has 2 saturated heterocycles. The molecule has 58 valence electrons. The van der Waals surface area contributed by atoms with Gasteiger partial charge < -0.3 is 9.47 Å². The van der Waals surface area contributed by atoms with Crippen molar-refractivity contribution in [2.24, 2.45) is 5.92 Å². The molecule has 10 heavy (non-hydrogen) atoms.